The van der Waals surface area contributed by atoms with Gasteiger partial charge in [0.1, 0.15) is 5.75 Å². The number of aryl methyl sites for hydroxylation is 4. The Hall–Kier alpha value is -2.76. The summed E-state index contributed by atoms with van der Waals surface area (Å²) < 4.78 is 6.91. The molecule has 0 aliphatic carbocycles. The topological polar surface area (TPSA) is 69.4 Å². The molecule has 3 rings (SSSR count). The van der Waals surface area contributed by atoms with Crippen LogP contribution in [-0.2, 0) is 0 Å². The summed E-state index contributed by atoms with van der Waals surface area (Å²) in [5.74, 6) is 0.316. The molecule has 2 aromatic heterocycles. The second kappa shape index (κ2) is 5.22. The van der Waals surface area contributed by atoms with Gasteiger partial charge in [-0.2, -0.15) is 4.98 Å². The average molecular weight is 296 g/mol. The van der Waals surface area contributed by atoms with Gasteiger partial charge in [0.15, 0.2) is 0 Å². The predicted molar refractivity (Wildman–Crippen MR) is 81.1 cm³/mol. The lowest BCUT2D eigenvalue weighted by atomic mass is 10.1. The van der Waals surface area contributed by atoms with Crippen molar-refractivity contribution in [2.45, 2.75) is 27.7 Å². The van der Waals surface area contributed by atoms with Crippen molar-refractivity contribution in [1.29, 1.82) is 0 Å². The third-order valence-corrected chi connectivity index (χ3v) is 3.33. The van der Waals surface area contributed by atoms with E-state index in [1.54, 1.807) is 6.07 Å². The van der Waals surface area contributed by atoms with E-state index in [1.807, 2.05) is 45.9 Å². The van der Waals surface area contributed by atoms with Crippen molar-refractivity contribution in [3.05, 3.63) is 52.6 Å². The number of benzene rings is 1. The third-order valence-electron chi connectivity index (χ3n) is 3.33. The van der Waals surface area contributed by atoms with Crippen LogP contribution in [0.5, 0.6) is 5.75 Å². The van der Waals surface area contributed by atoms with E-state index in [0.717, 1.165) is 22.5 Å². The van der Waals surface area contributed by atoms with Crippen LogP contribution in [0.15, 0.2) is 24.3 Å². The van der Waals surface area contributed by atoms with Crippen LogP contribution < -0.4 is 4.74 Å². The van der Waals surface area contributed by atoms with Crippen LogP contribution in [-0.4, -0.2) is 25.6 Å². The first-order valence-electron chi connectivity index (χ1n) is 6.94. The fraction of sp³-hybridized carbons (Fsp3) is 0.250. The SMILES string of the molecule is Cc1ccc(OC(=O)c2nc3nc(C)cc(C)n3n2)c(C)c1. The largest absolute Gasteiger partial charge is 0.420 e. The van der Waals surface area contributed by atoms with Crippen molar-refractivity contribution < 1.29 is 9.53 Å². The molecule has 0 spiro atoms. The number of aromatic nitrogens is 4. The molecular weight excluding hydrogens is 280 g/mol. The molecule has 22 heavy (non-hydrogen) atoms. The van der Waals surface area contributed by atoms with Crippen molar-refractivity contribution in [1.82, 2.24) is 19.6 Å². The van der Waals surface area contributed by atoms with Gasteiger partial charge in [0, 0.05) is 11.4 Å². The summed E-state index contributed by atoms with van der Waals surface area (Å²) in [4.78, 5) is 20.6. The van der Waals surface area contributed by atoms with Crippen LogP contribution in [0, 0.1) is 27.7 Å². The number of carbonyl (C=O) groups is 1. The van der Waals surface area contributed by atoms with Crippen LogP contribution >= 0.6 is 0 Å². The fourth-order valence-corrected chi connectivity index (χ4v) is 2.31. The number of esters is 1. The van der Waals surface area contributed by atoms with E-state index in [-0.39, 0.29) is 5.82 Å². The molecule has 0 amide bonds. The van der Waals surface area contributed by atoms with Crippen molar-refractivity contribution in [3.8, 4) is 5.75 Å². The number of hydrogen-bond donors (Lipinski definition) is 0. The van der Waals surface area contributed by atoms with E-state index in [4.69, 9.17) is 4.74 Å². The monoisotopic (exact) mass is 296 g/mol. The molecule has 6 nitrogen and oxygen atoms in total. The van der Waals surface area contributed by atoms with Crippen molar-refractivity contribution in [2.24, 2.45) is 0 Å². The molecule has 0 aliphatic heterocycles. The summed E-state index contributed by atoms with van der Waals surface area (Å²) >= 11 is 0. The molecule has 0 saturated heterocycles. The lowest BCUT2D eigenvalue weighted by Crippen LogP contribution is -2.11. The Morgan fingerprint density at radius 2 is 1.86 bits per heavy atom. The third kappa shape index (κ3) is 2.55. The van der Waals surface area contributed by atoms with Gasteiger partial charge < -0.3 is 4.74 Å². The molecule has 0 fully saturated rings. The van der Waals surface area contributed by atoms with Crippen LogP contribution in [0.25, 0.3) is 5.78 Å². The molecule has 0 saturated carbocycles. The Morgan fingerprint density at radius 1 is 1.09 bits per heavy atom. The smallest absolute Gasteiger partial charge is 0.383 e. The number of fused-ring (bicyclic) bond motifs is 1. The summed E-state index contributed by atoms with van der Waals surface area (Å²) in [6.07, 6.45) is 0. The zero-order valence-corrected chi connectivity index (χ0v) is 12.9. The van der Waals surface area contributed by atoms with Gasteiger partial charge in [0.2, 0.25) is 0 Å². The van der Waals surface area contributed by atoms with Crippen molar-refractivity contribution >= 4 is 11.7 Å². The molecule has 0 bridgehead atoms. The molecule has 3 aromatic rings. The van der Waals surface area contributed by atoms with Crippen molar-refractivity contribution in [2.75, 3.05) is 0 Å². The first-order chi connectivity index (χ1) is 10.4. The Kier molecular flexibility index (Phi) is 3.36. The van der Waals surface area contributed by atoms with Gasteiger partial charge in [-0.25, -0.2) is 14.3 Å². The highest BCUT2D eigenvalue weighted by Crippen LogP contribution is 2.19. The van der Waals surface area contributed by atoms with Gasteiger partial charge >= 0.3 is 5.97 Å². The number of nitrogens with zero attached hydrogens (tertiary/aromatic N) is 4. The minimum Gasteiger partial charge on any atom is -0.420 e. The van der Waals surface area contributed by atoms with Gasteiger partial charge in [-0.3, -0.25) is 0 Å². The van der Waals surface area contributed by atoms with E-state index in [1.165, 1.54) is 4.52 Å². The zero-order chi connectivity index (χ0) is 15.9. The Balaban J connectivity index is 1.93. The molecular formula is C16H16N4O2. The lowest BCUT2D eigenvalue weighted by molar-refractivity contribution is 0.0721. The highest BCUT2D eigenvalue weighted by atomic mass is 16.5. The van der Waals surface area contributed by atoms with E-state index >= 15 is 0 Å². The highest BCUT2D eigenvalue weighted by Gasteiger charge is 2.18. The second-order valence-corrected chi connectivity index (χ2v) is 5.34. The Bertz CT molecular complexity index is 883. The van der Waals surface area contributed by atoms with Crippen LogP contribution in [0.4, 0.5) is 0 Å². The van der Waals surface area contributed by atoms with Crippen LogP contribution in [0.1, 0.15) is 33.1 Å². The van der Waals surface area contributed by atoms with Crippen molar-refractivity contribution in [3.63, 3.8) is 0 Å². The first kappa shape index (κ1) is 14.2. The van der Waals surface area contributed by atoms with E-state index in [9.17, 15) is 4.79 Å². The maximum atomic E-state index is 12.2. The molecule has 0 atom stereocenters. The van der Waals surface area contributed by atoms with Gasteiger partial charge in [-0.15, -0.1) is 5.10 Å². The Labute approximate surface area is 127 Å². The highest BCUT2D eigenvalue weighted by molar-refractivity contribution is 5.87. The molecule has 0 unspecified atom stereocenters. The Morgan fingerprint density at radius 3 is 2.59 bits per heavy atom. The summed E-state index contributed by atoms with van der Waals surface area (Å²) in [6, 6.07) is 7.49. The average Bonchev–Trinajstić information content (AvgIpc) is 2.86. The predicted octanol–water partition coefficient (Wildman–Crippen LogP) is 2.58. The molecule has 6 heteroatoms. The van der Waals surface area contributed by atoms with Crippen LogP contribution in [0.3, 0.4) is 0 Å². The molecule has 0 radical (unpaired) electrons. The molecule has 1 aromatic carbocycles. The van der Waals surface area contributed by atoms with E-state index in [0.29, 0.717) is 11.5 Å². The zero-order valence-electron chi connectivity index (χ0n) is 12.9. The van der Waals surface area contributed by atoms with E-state index in [2.05, 4.69) is 15.1 Å². The fourth-order valence-electron chi connectivity index (χ4n) is 2.31. The standard InChI is InChI=1S/C16H16N4O2/c1-9-5-6-13(10(2)7-9)22-15(21)14-18-16-17-11(3)8-12(4)20(16)19-14/h5-8H,1-4H3. The van der Waals surface area contributed by atoms with Crippen LogP contribution in [0.2, 0.25) is 0 Å². The minimum atomic E-state index is -0.588. The number of carbonyl (C=O) groups excluding carboxylic acids is 1. The molecule has 112 valence electrons. The molecule has 2 heterocycles. The maximum Gasteiger partial charge on any atom is 0.383 e. The van der Waals surface area contributed by atoms with Gasteiger partial charge in [-0.1, -0.05) is 17.7 Å². The number of hydrogen-bond acceptors (Lipinski definition) is 5. The first-order valence-corrected chi connectivity index (χ1v) is 6.94. The summed E-state index contributed by atoms with van der Waals surface area (Å²) in [5.41, 5.74) is 3.69. The molecule has 0 aliphatic rings. The van der Waals surface area contributed by atoms with Gasteiger partial charge in [-0.05, 0) is 45.4 Å². The second-order valence-electron chi connectivity index (χ2n) is 5.34. The summed E-state index contributed by atoms with van der Waals surface area (Å²) in [7, 11) is 0. The minimum absolute atomic E-state index is 0.00109. The molecule has 0 N–H and O–H groups in total. The summed E-state index contributed by atoms with van der Waals surface area (Å²) in [5, 5.41) is 4.17. The summed E-state index contributed by atoms with van der Waals surface area (Å²) in [6.45, 7) is 7.63. The number of ether oxygens (including phenoxy) is 1. The maximum absolute atomic E-state index is 12.2. The van der Waals surface area contributed by atoms with Gasteiger partial charge in [0.05, 0.1) is 0 Å². The van der Waals surface area contributed by atoms with E-state index < -0.39 is 5.97 Å². The number of rotatable bonds is 2. The quantitative estimate of drug-likeness (QED) is 0.537. The lowest BCUT2D eigenvalue weighted by Gasteiger charge is -2.05. The van der Waals surface area contributed by atoms with Gasteiger partial charge in [0.25, 0.3) is 11.6 Å². The normalized spacial score (nSPS) is 10.9.